The summed E-state index contributed by atoms with van der Waals surface area (Å²) in [6, 6.07) is 4.60. The molecule has 2 rings (SSSR count). The van der Waals surface area contributed by atoms with E-state index >= 15 is 0 Å². The van der Waals surface area contributed by atoms with Crippen molar-refractivity contribution in [2.45, 2.75) is 12.5 Å². The summed E-state index contributed by atoms with van der Waals surface area (Å²) in [7, 11) is 3.09. The first-order valence-electron chi connectivity index (χ1n) is 5.37. The van der Waals surface area contributed by atoms with Crippen molar-refractivity contribution in [3.05, 3.63) is 23.8 Å². The summed E-state index contributed by atoms with van der Waals surface area (Å²) in [5.74, 6) is 0.690. The Labute approximate surface area is 104 Å². The van der Waals surface area contributed by atoms with Crippen LogP contribution in [0.2, 0.25) is 0 Å². The second kappa shape index (κ2) is 4.95. The summed E-state index contributed by atoms with van der Waals surface area (Å²) >= 11 is 0. The van der Waals surface area contributed by atoms with Crippen molar-refractivity contribution >= 4 is 12.1 Å². The van der Waals surface area contributed by atoms with E-state index in [-0.39, 0.29) is 0 Å². The van der Waals surface area contributed by atoms with E-state index < -0.39 is 18.1 Å². The van der Waals surface area contributed by atoms with Crippen molar-refractivity contribution < 1.29 is 23.8 Å². The summed E-state index contributed by atoms with van der Waals surface area (Å²) in [5.41, 5.74) is 0.794. The van der Waals surface area contributed by atoms with Crippen LogP contribution in [0.5, 0.6) is 11.5 Å². The molecule has 1 aromatic carbocycles. The number of carbonyl (C=O) groups excluding carboxylic acids is 2. The predicted molar refractivity (Wildman–Crippen MR) is 61.7 cm³/mol. The zero-order chi connectivity index (χ0) is 13.1. The molecule has 1 aliphatic rings. The van der Waals surface area contributed by atoms with Crippen LogP contribution >= 0.6 is 0 Å². The fourth-order valence-corrected chi connectivity index (χ4v) is 1.77. The van der Waals surface area contributed by atoms with Gasteiger partial charge in [0.25, 0.3) is 0 Å². The highest BCUT2D eigenvalue weighted by Crippen LogP contribution is 2.26. The Morgan fingerprint density at radius 2 is 2.06 bits per heavy atom. The third-order valence-electron chi connectivity index (χ3n) is 2.69. The Kier molecular flexibility index (Phi) is 3.36. The predicted octanol–water partition coefficient (Wildman–Crippen LogP) is 0.881. The molecule has 0 aromatic heterocycles. The lowest BCUT2D eigenvalue weighted by Gasteiger charge is -2.12. The van der Waals surface area contributed by atoms with Gasteiger partial charge in [0.1, 0.15) is 17.5 Å². The highest BCUT2D eigenvalue weighted by Gasteiger charge is 2.32. The molecule has 1 fully saturated rings. The first kappa shape index (κ1) is 12.2. The number of hydrogen-bond donors (Lipinski definition) is 1. The maximum absolute atomic E-state index is 11.3. The lowest BCUT2D eigenvalue weighted by Crippen LogP contribution is -2.30. The van der Waals surface area contributed by atoms with Gasteiger partial charge in [-0.3, -0.25) is 0 Å². The SMILES string of the molecule is COc1ccc(CC2NC(=O)OC2=O)c(OC)c1. The number of nitrogens with one attached hydrogen (secondary N) is 1. The third kappa shape index (κ3) is 2.37. The molecule has 1 aliphatic heterocycles. The summed E-state index contributed by atoms with van der Waals surface area (Å²) < 4.78 is 14.7. The van der Waals surface area contributed by atoms with E-state index in [9.17, 15) is 9.59 Å². The van der Waals surface area contributed by atoms with Crippen molar-refractivity contribution in [2.75, 3.05) is 14.2 Å². The number of methoxy groups -OCH3 is 2. The third-order valence-corrected chi connectivity index (χ3v) is 2.69. The van der Waals surface area contributed by atoms with Gasteiger partial charge in [-0.15, -0.1) is 0 Å². The molecule has 1 atom stereocenters. The van der Waals surface area contributed by atoms with Crippen molar-refractivity contribution in [2.24, 2.45) is 0 Å². The van der Waals surface area contributed by atoms with Gasteiger partial charge in [0, 0.05) is 12.5 Å². The minimum atomic E-state index is -0.711. The minimum Gasteiger partial charge on any atom is -0.497 e. The van der Waals surface area contributed by atoms with Crippen LogP contribution < -0.4 is 14.8 Å². The van der Waals surface area contributed by atoms with Gasteiger partial charge in [0.15, 0.2) is 0 Å². The van der Waals surface area contributed by atoms with Crippen LogP contribution in [0.25, 0.3) is 0 Å². The number of rotatable bonds is 4. The van der Waals surface area contributed by atoms with Crippen LogP contribution in [-0.4, -0.2) is 32.3 Å². The van der Waals surface area contributed by atoms with Crippen LogP contribution in [0.3, 0.4) is 0 Å². The number of esters is 1. The number of hydrogen-bond acceptors (Lipinski definition) is 5. The van der Waals surface area contributed by atoms with Gasteiger partial charge < -0.3 is 19.5 Å². The highest BCUT2D eigenvalue weighted by molar-refractivity contribution is 5.95. The van der Waals surface area contributed by atoms with Gasteiger partial charge in [0.05, 0.1) is 14.2 Å². The average molecular weight is 251 g/mol. The lowest BCUT2D eigenvalue weighted by atomic mass is 10.1. The maximum Gasteiger partial charge on any atom is 0.415 e. The van der Waals surface area contributed by atoms with Gasteiger partial charge in [-0.2, -0.15) is 0 Å². The first-order chi connectivity index (χ1) is 8.63. The molecule has 0 saturated carbocycles. The monoisotopic (exact) mass is 251 g/mol. The molecule has 1 unspecified atom stereocenters. The van der Waals surface area contributed by atoms with Crippen molar-refractivity contribution in [1.29, 1.82) is 0 Å². The fourth-order valence-electron chi connectivity index (χ4n) is 1.77. The van der Waals surface area contributed by atoms with E-state index in [0.717, 1.165) is 5.56 Å². The molecule has 1 saturated heterocycles. The number of benzene rings is 1. The maximum atomic E-state index is 11.3. The summed E-state index contributed by atoms with van der Waals surface area (Å²) in [6.07, 6.45) is -0.393. The summed E-state index contributed by atoms with van der Waals surface area (Å²) in [5, 5.41) is 2.43. The Hall–Kier alpha value is -2.24. The Bertz CT molecular complexity index is 485. The van der Waals surface area contributed by atoms with E-state index in [0.29, 0.717) is 17.9 Å². The Morgan fingerprint density at radius 1 is 1.28 bits per heavy atom. The minimum absolute atomic E-state index is 0.317. The van der Waals surface area contributed by atoms with Crippen molar-refractivity contribution in [1.82, 2.24) is 5.32 Å². The number of carbonyl (C=O) groups is 2. The van der Waals surface area contributed by atoms with Crippen LogP contribution in [0.15, 0.2) is 18.2 Å². The molecule has 1 amide bonds. The van der Waals surface area contributed by atoms with E-state index in [4.69, 9.17) is 9.47 Å². The second-order valence-electron chi connectivity index (χ2n) is 3.79. The van der Waals surface area contributed by atoms with Gasteiger partial charge in [-0.1, -0.05) is 6.07 Å². The van der Waals surface area contributed by atoms with E-state index in [1.165, 1.54) is 7.11 Å². The largest absolute Gasteiger partial charge is 0.497 e. The zero-order valence-electron chi connectivity index (χ0n) is 10.1. The van der Waals surface area contributed by atoms with E-state index in [1.807, 2.05) is 0 Å². The quantitative estimate of drug-likeness (QED) is 0.635. The highest BCUT2D eigenvalue weighted by atomic mass is 16.6. The molecular weight excluding hydrogens is 238 g/mol. The second-order valence-corrected chi connectivity index (χ2v) is 3.79. The molecule has 18 heavy (non-hydrogen) atoms. The molecule has 6 nitrogen and oxygen atoms in total. The van der Waals surface area contributed by atoms with Gasteiger partial charge in [-0.05, 0) is 11.6 Å². The molecular formula is C12H13NO5. The van der Waals surface area contributed by atoms with Crippen LogP contribution in [-0.2, 0) is 16.0 Å². The molecule has 0 aliphatic carbocycles. The molecule has 96 valence electrons. The van der Waals surface area contributed by atoms with Gasteiger partial charge in [0.2, 0.25) is 0 Å². The fraction of sp³-hybridized carbons (Fsp3) is 0.333. The van der Waals surface area contributed by atoms with Gasteiger partial charge in [-0.25, -0.2) is 9.59 Å². The number of ether oxygens (including phenoxy) is 3. The normalized spacial score (nSPS) is 18.2. The molecule has 6 heteroatoms. The van der Waals surface area contributed by atoms with Crippen LogP contribution in [0.1, 0.15) is 5.56 Å². The summed E-state index contributed by atoms with van der Waals surface area (Å²) in [6.45, 7) is 0. The molecule has 0 radical (unpaired) electrons. The van der Waals surface area contributed by atoms with Gasteiger partial charge >= 0.3 is 12.1 Å². The number of amides is 1. The Balaban J connectivity index is 2.18. The van der Waals surface area contributed by atoms with Crippen LogP contribution in [0, 0.1) is 0 Å². The zero-order valence-corrected chi connectivity index (χ0v) is 10.1. The Morgan fingerprint density at radius 3 is 2.61 bits per heavy atom. The molecule has 0 spiro atoms. The standard InChI is InChI=1S/C12H13NO5/c1-16-8-4-3-7(10(6-8)17-2)5-9-11(14)18-12(15)13-9/h3-4,6,9H,5H2,1-2H3,(H,13,15). The first-order valence-corrected chi connectivity index (χ1v) is 5.37. The molecule has 0 bridgehead atoms. The molecule has 1 N–H and O–H groups in total. The smallest absolute Gasteiger partial charge is 0.415 e. The molecule has 1 heterocycles. The number of alkyl carbamates (subject to hydrolysis) is 1. The lowest BCUT2D eigenvalue weighted by molar-refractivity contribution is -0.135. The van der Waals surface area contributed by atoms with Crippen molar-refractivity contribution in [3.8, 4) is 11.5 Å². The number of cyclic esters (lactones) is 2. The molecule has 1 aromatic rings. The summed E-state index contributed by atoms with van der Waals surface area (Å²) in [4.78, 5) is 22.2. The topological polar surface area (TPSA) is 73.9 Å². The van der Waals surface area contributed by atoms with Crippen molar-refractivity contribution in [3.63, 3.8) is 0 Å². The average Bonchev–Trinajstić information content (AvgIpc) is 2.68. The van der Waals surface area contributed by atoms with E-state index in [2.05, 4.69) is 10.1 Å². The van der Waals surface area contributed by atoms with Crippen LogP contribution in [0.4, 0.5) is 4.79 Å². The van der Waals surface area contributed by atoms with E-state index in [1.54, 1.807) is 25.3 Å².